The molecule has 2 rings (SSSR count). The number of hydrogen-bond acceptors (Lipinski definition) is 4. The van der Waals surface area contributed by atoms with Crippen LogP contribution in [0.15, 0.2) is 51.8 Å². The van der Waals surface area contributed by atoms with Gasteiger partial charge < -0.3 is 4.74 Å². The van der Waals surface area contributed by atoms with E-state index in [0.717, 1.165) is 0 Å². The number of rotatable bonds is 4. The van der Waals surface area contributed by atoms with E-state index in [0.29, 0.717) is 15.9 Å². The van der Waals surface area contributed by atoms with E-state index in [9.17, 15) is 8.42 Å². The molecule has 1 N–H and O–H groups in total. The molecular formula is C14H11BrN2O3S. The van der Waals surface area contributed by atoms with Gasteiger partial charge in [-0.1, -0.05) is 12.1 Å². The zero-order valence-corrected chi connectivity index (χ0v) is 13.4. The van der Waals surface area contributed by atoms with Gasteiger partial charge in [-0.25, -0.2) is 8.42 Å². The standard InChI is InChI=1S/C14H11BrN2O3S/c1-20-11-6-7-12(15)13(8-11)17-21(18,19)14-5-3-2-4-10(14)9-16/h2-8,17H,1H3. The summed E-state index contributed by atoms with van der Waals surface area (Å²) in [6, 6.07) is 12.8. The van der Waals surface area contributed by atoms with E-state index >= 15 is 0 Å². The highest BCUT2D eigenvalue weighted by Gasteiger charge is 2.19. The first kappa shape index (κ1) is 15.4. The first-order valence-electron chi connectivity index (χ1n) is 5.83. The van der Waals surface area contributed by atoms with Crippen LogP contribution in [0.3, 0.4) is 0 Å². The molecule has 7 heteroatoms. The molecule has 5 nitrogen and oxygen atoms in total. The fraction of sp³-hybridized carbons (Fsp3) is 0.0714. The molecule has 0 heterocycles. The molecule has 0 radical (unpaired) electrons. The molecule has 108 valence electrons. The number of ether oxygens (including phenoxy) is 1. The number of anilines is 1. The molecular weight excluding hydrogens is 356 g/mol. The number of nitrogens with zero attached hydrogens (tertiary/aromatic N) is 1. The van der Waals surface area contributed by atoms with Crippen LogP contribution in [0.5, 0.6) is 5.75 Å². The molecule has 0 unspecified atom stereocenters. The van der Waals surface area contributed by atoms with Gasteiger partial charge in [0.1, 0.15) is 16.7 Å². The summed E-state index contributed by atoms with van der Waals surface area (Å²) in [4.78, 5) is -0.0674. The predicted octanol–water partition coefficient (Wildman–Crippen LogP) is 3.13. The third-order valence-corrected chi connectivity index (χ3v) is 4.83. The minimum Gasteiger partial charge on any atom is -0.497 e. The monoisotopic (exact) mass is 366 g/mol. The van der Waals surface area contributed by atoms with Gasteiger partial charge in [0.25, 0.3) is 10.0 Å². The smallest absolute Gasteiger partial charge is 0.263 e. The summed E-state index contributed by atoms with van der Waals surface area (Å²) in [5.41, 5.74) is 0.422. The van der Waals surface area contributed by atoms with Crippen molar-refractivity contribution in [2.45, 2.75) is 4.90 Å². The van der Waals surface area contributed by atoms with Crippen molar-refractivity contribution in [1.82, 2.24) is 0 Å². The quantitative estimate of drug-likeness (QED) is 0.901. The predicted molar refractivity (Wildman–Crippen MR) is 82.7 cm³/mol. The number of sulfonamides is 1. The fourth-order valence-corrected chi connectivity index (χ4v) is 3.41. The van der Waals surface area contributed by atoms with Crippen LogP contribution < -0.4 is 9.46 Å². The summed E-state index contributed by atoms with van der Waals surface area (Å²) >= 11 is 3.27. The van der Waals surface area contributed by atoms with Crippen LogP contribution in [0.1, 0.15) is 5.56 Å². The summed E-state index contributed by atoms with van der Waals surface area (Å²) in [5.74, 6) is 0.518. The molecule has 2 aromatic rings. The van der Waals surface area contributed by atoms with Crippen molar-refractivity contribution in [2.75, 3.05) is 11.8 Å². The second kappa shape index (κ2) is 6.16. The number of methoxy groups -OCH3 is 1. The summed E-state index contributed by atoms with van der Waals surface area (Å²) in [6.07, 6.45) is 0. The Morgan fingerprint density at radius 2 is 1.95 bits per heavy atom. The lowest BCUT2D eigenvalue weighted by Gasteiger charge is -2.12. The first-order chi connectivity index (χ1) is 9.97. The second-order valence-electron chi connectivity index (χ2n) is 4.06. The van der Waals surface area contributed by atoms with Crippen molar-refractivity contribution in [3.05, 3.63) is 52.5 Å². The van der Waals surface area contributed by atoms with Gasteiger partial charge in [0.05, 0.1) is 18.4 Å². The lowest BCUT2D eigenvalue weighted by Crippen LogP contribution is -2.14. The zero-order chi connectivity index (χ0) is 15.5. The van der Waals surface area contributed by atoms with E-state index in [1.165, 1.54) is 19.2 Å². The van der Waals surface area contributed by atoms with Crippen LogP contribution in [0.4, 0.5) is 5.69 Å². The molecule has 0 spiro atoms. The van der Waals surface area contributed by atoms with Crippen molar-refractivity contribution < 1.29 is 13.2 Å². The molecule has 0 aliphatic heterocycles. The van der Waals surface area contributed by atoms with E-state index in [2.05, 4.69) is 20.7 Å². The summed E-state index contributed by atoms with van der Waals surface area (Å²) in [7, 11) is -2.37. The highest BCUT2D eigenvalue weighted by Crippen LogP contribution is 2.29. The average Bonchev–Trinajstić information content (AvgIpc) is 2.49. The number of nitrogens with one attached hydrogen (secondary N) is 1. The molecule has 0 aliphatic carbocycles. The Morgan fingerprint density at radius 1 is 1.24 bits per heavy atom. The van der Waals surface area contributed by atoms with E-state index < -0.39 is 10.0 Å². The topological polar surface area (TPSA) is 79.2 Å². The van der Waals surface area contributed by atoms with Crippen LogP contribution in [-0.2, 0) is 10.0 Å². The van der Waals surface area contributed by atoms with Gasteiger partial charge >= 0.3 is 0 Å². The van der Waals surface area contributed by atoms with Crippen LogP contribution in [0, 0.1) is 11.3 Å². The fourth-order valence-electron chi connectivity index (χ4n) is 1.70. The Morgan fingerprint density at radius 3 is 2.62 bits per heavy atom. The lowest BCUT2D eigenvalue weighted by atomic mass is 10.2. The van der Waals surface area contributed by atoms with Crippen LogP contribution in [-0.4, -0.2) is 15.5 Å². The molecule has 0 saturated carbocycles. The van der Waals surface area contributed by atoms with Gasteiger partial charge in [0.2, 0.25) is 0 Å². The van der Waals surface area contributed by atoms with Crippen molar-refractivity contribution in [3.63, 3.8) is 0 Å². The van der Waals surface area contributed by atoms with Crippen molar-refractivity contribution in [1.29, 1.82) is 5.26 Å². The molecule has 0 bridgehead atoms. The van der Waals surface area contributed by atoms with Gasteiger partial charge in [-0.05, 0) is 40.2 Å². The summed E-state index contributed by atoms with van der Waals surface area (Å²) in [6.45, 7) is 0. The SMILES string of the molecule is COc1ccc(Br)c(NS(=O)(=O)c2ccccc2C#N)c1. The Kier molecular flexibility index (Phi) is 4.50. The normalized spacial score (nSPS) is 10.7. The van der Waals surface area contributed by atoms with Crippen LogP contribution in [0.25, 0.3) is 0 Å². The largest absolute Gasteiger partial charge is 0.497 e. The van der Waals surface area contributed by atoms with Crippen molar-refractivity contribution in [3.8, 4) is 11.8 Å². The number of hydrogen-bond donors (Lipinski definition) is 1. The third kappa shape index (κ3) is 3.35. The van der Waals surface area contributed by atoms with Crippen molar-refractivity contribution >= 4 is 31.6 Å². The second-order valence-corrected chi connectivity index (χ2v) is 6.56. The third-order valence-electron chi connectivity index (χ3n) is 2.71. The van der Waals surface area contributed by atoms with Gasteiger partial charge in [-0.3, -0.25) is 4.72 Å². The highest BCUT2D eigenvalue weighted by atomic mass is 79.9. The minimum atomic E-state index is -3.86. The van der Waals surface area contributed by atoms with Gasteiger partial charge in [0.15, 0.2) is 0 Å². The van der Waals surface area contributed by atoms with Gasteiger partial charge in [-0.2, -0.15) is 5.26 Å². The molecule has 0 saturated heterocycles. The zero-order valence-electron chi connectivity index (χ0n) is 11.0. The molecule has 0 atom stereocenters. The molecule has 0 aliphatic rings. The molecule has 0 amide bonds. The average molecular weight is 367 g/mol. The Bertz CT molecular complexity index is 813. The summed E-state index contributed by atoms with van der Waals surface area (Å²) in [5, 5.41) is 9.01. The van der Waals surface area contributed by atoms with E-state index in [4.69, 9.17) is 10.00 Å². The number of benzene rings is 2. The molecule has 0 aromatic heterocycles. The van der Waals surface area contributed by atoms with E-state index in [-0.39, 0.29) is 10.5 Å². The molecule has 2 aromatic carbocycles. The Hall–Kier alpha value is -2.04. The van der Waals surface area contributed by atoms with E-state index in [1.807, 2.05) is 6.07 Å². The highest BCUT2D eigenvalue weighted by molar-refractivity contribution is 9.10. The van der Waals surface area contributed by atoms with Crippen LogP contribution >= 0.6 is 15.9 Å². The Labute approximate surface area is 131 Å². The number of nitriles is 1. The molecule has 21 heavy (non-hydrogen) atoms. The maximum absolute atomic E-state index is 12.4. The Balaban J connectivity index is 2.45. The number of halogens is 1. The maximum Gasteiger partial charge on any atom is 0.263 e. The summed E-state index contributed by atoms with van der Waals surface area (Å²) < 4.78 is 32.9. The maximum atomic E-state index is 12.4. The van der Waals surface area contributed by atoms with Crippen LogP contribution in [0.2, 0.25) is 0 Å². The first-order valence-corrected chi connectivity index (χ1v) is 8.11. The van der Waals surface area contributed by atoms with E-state index in [1.54, 1.807) is 30.3 Å². The minimum absolute atomic E-state index is 0.0674. The van der Waals surface area contributed by atoms with Crippen molar-refractivity contribution in [2.24, 2.45) is 0 Å². The molecule has 0 fully saturated rings. The van der Waals surface area contributed by atoms with Gasteiger partial charge in [0, 0.05) is 10.5 Å². The van der Waals surface area contributed by atoms with Gasteiger partial charge in [-0.15, -0.1) is 0 Å². The lowest BCUT2D eigenvalue weighted by molar-refractivity contribution is 0.415.